The Bertz CT molecular complexity index is 547. The Morgan fingerprint density at radius 3 is 2.64 bits per heavy atom. The van der Waals surface area contributed by atoms with Gasteiger partial charge in [-0.3, -0.25) is 4.90 Å². The molecule has 3 atom stereocenters. The molecule has 2 amide bonds. The van der Waals surface area contributed by atoms with Crippen LogP contribution in [0.4, 0.5) is 4.79 Å². The molecule has 1 aliphatic heterocycles. The highest BCUT2D eigenvalue weighted by atomic mass is 16.2. The van der Waals surface area contributed by atoms with Gasteiger partial charge in [0.2, 0.25) is 0 Å². The van der Waals surface area contributed by atoms with E-state index in [4.69, 9.17) is 0 Å². The van der Waals surface area contributed by atoms with Gasteiger partial charge in [0, 0.05) is 38.8 Å². The number of carbonyl (C=O) groups excluding carboxylic acids is 1. The molecule has 1 aromatic rings. The van der Waals surface area contributed by atoms with Crippen molar-refractivity contribution < 1.29 is 4.79 Å². The second-order valence-corrected chi connectivity index (χ2v) is 7.93. The molecule has 1 saturated heterocycles. The zero-order valence-electron chi connectivity index (χ0n) is 15.8. The van der Waals surface area contributed by atoms with Crippen molar-refractivity contribution in [3.63, 3.8) is 0 Å². The smallest absolute Gasteiger partial charge is 0.317 e. The van der Waals surface area contributed by atoms with E-state index in [9.17, 15) is 4.79 Å². The third-order valence-electron chi connectivity index (χ3n) is 6.14. The summed E-state index contributed by atoms with van der Waals surface area (Å²) < 4.78 is 0. The molecule has 4 nitrogen and oxygen atoms in total. The van der Waals surface area contributed by atoms with Crippen molar-refractivity contribution in [3.8, 4) is 0 Å². The van der Waals surface area contributed by atoms with Gasteiger partial charge in [-0.2, -0.15) is 0 Å². The summed E-state index contributed by atoms with van der Waals surface area (Å²) in [6, 6.07) is 11.1. The molecule has 1 aliphatic carbocycles. The molecule has 1 saturated carbocycles. The predicted molar refractivity (Wildman–Crippen MR) is 102 cm³/mol. The van der Waals surface area contributed by atoms with Crippen LogP contribution >= 0.6 is 0 Å². The molecule has 1 heterocycles. The molecule has 0 aromatic heterocycles. The number of urea groups is 1. The van der Waals surface area contributed by atoms with E-state index < -0.39 is 0 Å². The maximum atomic E-state index is 12.7. The fraction of sp³-hybridized carbons (Fsp3) is 0.667. The Kier molecular flexibility index (Phi) is 6.35. The number of benzene rings is 1. The van der Waals surface area contributed by atoms with E-state index in [0.717, 1.165) is 45.6 Å². The van der Waals surface area contributed by atoms with Crippen molar-refractivity contribution in [2.45, 2.75) is 52.1 Å². The van der Waals surface area contributed by atoms with Gasteiger partial charge in [0.25, 0.3) is 0 Å². The molecule has 0 bridgehead atoms. The normalized spacial score (nSPS) is 28.4. The lowest BCUT2D eigenvalue weighted by Gasteiger charge is -2.36. The average Bonchev–Trinajstić information content (AvgIpc) is 2.85. The van der Waals surface area contributed by atoms with Crippen molar-refractivity contribution in [2.75, 3.05) is 26.2 Å². The summed E-state index contributed by atoms with van der Waals surface area (Å²) >= 11 is 0. The van der Waals surface area contributed by atoms with E-state index in [1.54, 1.807) is 0 Å². The summed E-state index contributed by atoms with van der Waals surface area (Å²) in [5.74, 6) is 1.30. The summed E-state index contributed by atoms with van der Waals surface area (Å²) in [4.78, 5) is 17.2. The predicted octanol–water partition coefficient (Wildman–Crippen LogP) is 3.73. The van der Waals surface area contributed by atoms with Gasteiger partial charge in [0.15, 0.2) is 0 Å². The molecule has 138 valence electrons. The fourth-order valence-electron chi connectivity index (χ4n) is 4.21. The molecule has 1 aromatic carbocycles. The minimum Gasteiger partial charge on any atom is -0.335 e. The molecule has 1 N–H and O–H groups in total. The fourth-order valence-corrected chi connectivity index (χ4v) is 4.21. The topological polar surface area (TPSA) is 35.6 Å². The van der Waals surface area contributed by atoms with Crippen LogP contribution in [-0.4, -0.2) is 48.1 Å². The number of amides is 2. The number of hydrogen-bond donors (Lipinski definition) is 1. The Balaban J connectivity index is 1.49. The number of nitrogens with one attached hydrogen (secondary N) is 1. The summed E-state index contributed by atoms with van der Waals surface area (Å²) in [6.07, 6.45) is 4.72. The summed E-state index contributed by atoms with van der Waals surface area (Å²) in [5.41, 5.74) is 1.35. The van der Waals surface area contributed by atoms with Gasteiger partial charge < -0.3 is 10.2 Å². The first-order valence-corrected chi connectivity index (χ1v) is 9.95. The zero-order valence-corrected chi connectivity index (χ0v) is 15.8. The maximum absolute atomic E-state index is 12.7. The first-order chi connectivity index (χ1) is 12.1. The van der Waals surface area contributed by atoms with Crippen molar-refractivity contribution >= 4 is 6.03 Å². The van der Waals surface area contributed by atoms with Crippen LogP contribution in [0.1, 0.15) is 45.1 Å². The van der Waals surface area contributed by atoms with Crippen LogP contribution in [0, 0.1) is 11.8 Å². The Morgan fingerprint density at radius 1 is 1.04 bits per heavy atom. The molecular weight excluding hydrogens is 310 g/mol. The van der Waals surface area contributed by atoms with Crippen molar-refractivity contribution in [3.05, 3.63) is 35.9 Å². The van der Waals surface area contributed by atoms with E-state index >= 15 is 0 Å². The third-order valence-corrected chi connectivity index (χ3v) is 6.14. The molecule has 25 heavy (non-hydrogen) atoms. The third kappa shape index (κ3) is 4.97. The molecule has 4 heteroatoms. The van der Waals surface area contributed by atoms with Crippen LogP contribution in [0.5, 0.6) is 0 Å². The van der Waals surface area contributed by atoms with Crippen LogP contribution in [0.2, 0.25) is 0 Å². The van der Waals surface area contributed by atoms with Crippen LogP contribution in [-0.2, 0) is 6.54 Å². The minimum absolute atomic E-state index is 0.146. The van der Waals surface area contributed by atoms with Gasteiger partial charge in [0.05, 0.1) is 0 Å². The van der Waals surface area contributed by atoms with Crippen molar-refractivity contribution in [1.29, 1.82) is 0 Å². The van der Waals surface area contributed by atoms with Gasteiger partial charge >= 0.3 is 6.03 Å². The number of hydrogen-bond acceptors (Lipinski definition) is 2. The molecular formula is C21H33N3O. The molecule has 0 spiro atoms. The zero-order chi connectivity index (χ0) is 17.6. The summed E-state index contributed by atoms with van der Waals surface area (Å²) in [5, 5.41) is 3.33. The van der Waals surface area contributed by atoms with Crippen LogP contribution in [0.15, 0.2) is 30.3 Å². The van der Waals surface area contributed by atoms with E-state index in [0.29, 0.717) is 17.9 Å². The van der Waals surface area contributed by atoms with Gasteiger partial charge in [-0.05, 0) is 30.2 Å². The van der Waals surface area contributed by atoms with Gasteiger partial charge in [-0.15, -0.1) is 0 Å². The molecule has 0 radical (unpaired) electrons. The van der Waals surface area contributed by atoms with E-state index in [1.807, 2.05) is 4.90 Å². The lowest BCUT2D eigenvalue weighted by molar-refractivity contribution is 0.168. The maximum Gasteiger partial charge on any atom is 0.317 e. The standard InChI is InChI=1S/C21H33N3O/c1-17-8-6-11-20(18(17)2)22-21(25)24-13-7-12-23(14-15-24)16-19-9-4-3-5-10-19/h3-5,9-10,17-18,20H,6-8,11-16H2,1-2H3,(H,22,25). The summed E-state index contributed by atoms with van der Waals surface area (Å²) in [6.45, 7) is 9.31. The highest BCUT2D eigenvalue weighted by molar-refractivity contribution is 5.74. The highest BCUT2D eigenvalue weighted by Crippen LogP contribution is 2.29. The van der Waals surface area contributed by atoms with Crippen LogP contribution in [0.3, 0.4) is 0 Å². The van der Waals surface area contributed by atoms with Crippen molar-refractivity contribution in [1.82, 2.24) is 15.1 Å². The van der Waals surface area contributed by atoms with Gasteiger partial charge in [0.1, 0.15) is 0 Å². The average molecular weight is 344 g/mol. The monoisotopic (exact) mass is 343 g/mol. The van der Waals surface area contributed by atoms with E-state index in [2.05, 4.69) is 54.4 Å². The molecule has 3 unspecified atom stereocenters. The lowest BCUT2D eigenvalue weighted by atomic mass is 9.78. The molecule has 2 fully saturated rings. The van der Waals surface area contributed by atoms with Gasteiger partial charge in [-0.1, -0.05) is 57.0 Å². The Labute approximate surface area is 152 Å². The minimum atomic E-state index is 0.146. The Morgan fingerprint density at radius 2 is 1.84 bits per heavy atom. The first-order valence-electron chi connectivity index (χ1n) is 9.95. The van der Waals surface area contributed by atoms with Crippen LogP contribution in [0.25, 0.3) is 0 Å². The lowest BCUT2D eigenvalue weighted by Crippen LogP contribution is -2.50. The van der Waals surface area contributed by atoms with E-state index in [-0.39, 0.29) is 6.03 Å². The van der Waals surface area contributed by atoms with Gasteiger partial charge in [-0.25, -0.2) is 4.79 Å². The molecule has 2 aliphatic rings. The number of nitrogens with zero attached hydrogens (tertiary/aromatic N) is 2. The quantitative estimate of drug-likeness (QED) is 0.908. The van der Waals surface area contributed by atoms with Crippen LogP contribution < -0.4 is 5.32 Å². The Hall–Kier alpha value is -1.55. The van der Waals surface area contributed by atoms with Crippen molar-refractivity contribution in [2.24, 2.45) is 11.8 Å². The second-order valence-electron chi connectivity index (χ2n) is 7.93. The number of rotatable bonds is 3. The summed E-state index contributed by atoms with van der Waals surface area (Å²) in [7, 11) is 0. The van der Waals surface area contributed by atoms with E-state index in [1.165, 1.54) is 18.4 Å². The number of carbonyl (C=O) groups is 1. The SMILES string of the molecule is CC1CCCC(NC(=O)N2CCCN(Cc3ccccc3)CC2)C1C. The second kappa shape index (κ2) is 8.70. The highest BCUT2D eigenvalue weighted by Gasteiger charge is 2.29. The molecule has 3 rings (SSSR count). The largest absolute Gasteiger partial charge is 0.335 e. The first kappa shape index (κ1) is 18.2.